The first-order valence-electron chi connectivity index (χ1n) is 5.84. The van der Waals surface area contributed by atoms with Crippen LogP contribution in [0.2, 0.25) is 0 Å². The van der Waals surface area contributed by atoms with Crippen LogP contribution in [0.1, 0.15) is 13.3 Å². The van der Waals surface area contributed by atoms with Crippen molar-refractivity contribution in [3.63, 3.8) is 0 Å². The van der Waals surface area contributed by atoms with E-state index in [1.807, 2.05) is 0 Å². The van der Waals surface area contributed by atoms with Crippen molar-refractivity contribution in [1.29, 1.82) is 0 Å². The van der Waals surface area contributed by atoms with Crippen LogP contribution in [0.5, 0.6) is 0 Å². The maximum Gasteiger partial charge on any atom is 0.332 e. The monoisotopic (exact) mass is 392 g/mol. The largest absolute Gasteiger partial charge is 0.332 e. The average molecular weight is 394 g/mol. The fourth-order valence-corrected chi connectivity index (χ4v) is 2.69. The van der Waals surface area contributed by atoms with E-state index < -0.39 is 0 Å². The standard InChI is InChI=1S/C11H14Br2N4O2/c1-4-6(12)5-17-7-8(14-10(17)13)15(2)11(19)16(3)9(7)18/h6H,4-5H2,1-3H3. The summed E-state index contributed by atoms with van der Waals surface area (Å²) in [6.45, 7) is 2.67. The Labute approximate surface area is 126 Å². The van der Waals surface area contributed by atoms with E-state index in [2.05, 4.69) is 43.8 Å². The molecule has 2 aromatic rings. The summed E-state index contributed by atoms with van der Waals surface area (Å²) in [5.74, 6) is 0. The van der Waals surface area contributed by atoms with Gasteiger partial charge < -0.3 is 4.57 Å². The molecule has 0 saturated carbocycles. The van der Waals surface area contributed by atoms with Crippen LogP contribution < -0.4 is 11.2 Å². The molecular formula is C11H14Br2N4O2. The minimum absolute atomic E-state index is 0.239. The van der Waals surface area contributed by atoms with Gasteiger partial charge in [0.05, 0.1) is 0 Å². The highest BCUT2D eigenvalue weighted by molar-refractivity contribution is 9.10. The van der Waals surface area contributed by atoms with E-state index >= 15 is 0 Å². The fraction of sp³-hybridized carbons (Fsp3) is 0.545. The number of hydrogen-bond acceptors (Lipinski definition) is 3. The summed E-state index contributed by atoms with van der Waals surface area (Å²) < 4.78 is 4.83. The van der Waals surface area contributed by atoms with Crippen LogP contribution >= 0.6 is 31.9 Å². The molecule has 2 rings (SSSR count). The van der Waals surface area contributed by atoms with Crippen LogP contribution in [-0.4, -0.2) is 23.5 Å². The lowest BCUT2D eigenvalue weighted by molar-refractivity contribution is 0.649. The van der Waals surface area contributed by atoms with Gasteiger partial charge >= 0.3 is 5.69 Å². The zero-order valence-corrected chi connectivity index (χ0v) is 14.0. The van der Waals surface area contributed by atoms with E-state index in [0.29, 0.717) is 22.4 Å². The number of fused-ring (bicyclic) bond motifs is 1. The van der Waals surface area contributed by atoms with E-state index in [1.54, 1.807) is 11.6 Å². The Morgan fingerprint density at radius 2 is 1.89 bits per heavy atom. The first-order valence-corrected chi connectivity index (χ1v) is 7.55. The van der Waals surface area contributed by atoms with Crippen LogP contribution in [0.4, 0.5) is 0 Å². The lowest BCUT2D eigenvalue weighted by Gasteiger charge is -2.10. The molecule has 6 nitrogen and oxygen atoms in total. The maximum atomic E-state index is 12.3. The highest BCUT2D eigenvalue weighted by Gasteiger charge is 2.18. The van der Waals surface area contributed by atoms with Crippen molar-refractivity contribution in [1.82, 2.24) is 18.7 Å². The number of aromatic nitrogens is 4. The van der Waals surface area contributed by atoms with E-state index in [9.17, 15) is 9.59 Å². The van der Waals surface area contributed by atoms with Gasteiger partial charge in [-0.25, -0.2) is 9.78 Å². The zero-order chi connectivity index (χ0) is 14.3. The van der Waals surface area contributed by atoms with Gasteiger partial charge in [-0.2, -0.15) is 0 Å². The number of imidazole rings is 1. The Morgan fingerprint density at radius 1 is 1.26 bits per heavy atom. The Morgan fingerprint density at radius 3 is 2.47 bits per heavy atom. The quantitative estimate of drug-likeness (QED) is 0.584. The molecule has 0 aliphatic carbocycles. The van der Waals surface area contributed by atoms with Crippen molar-refractivity contribution in [2.45, 2.75) is 24.7 Å². The Hall–Kier alpha value is -0.890. The molecule has 0 radical (unpaired) electrons. The zero-order valence-electron chi connectivity index (χ0n) is 10.9. The smallest absolute Gasteiger partial charge is 0.312 e. The Bertz CT molecular complexity index is 744. The highest BCUT2D eigenvalue weighted by Crippen LogP contribution is 2.19. The van der Waals surface area contributed by atoms with E-state index in [1.165, 1.54) is 11.6 Å². The van der Waals surface area contributed by atoms with Gasteiger partial charge in [0, 0.05) is 25.5 Å². The van der Waals surface area contributed by atoms with Crippen LogP contribution in [0, 0.1) is 0 Å². The molecule has 0 saturated heterocycles. The molecule has 2 aromatic heterocycles. The molecule has 0 N–H and O–H groups in total. The van der Waals surface area contributed by atoms with Crippen LogP contribution in [0.15, 0.2) is 14.3 Å². The lowest BCUT2D eigenvalue weighted by atomic mass is 10.3. The summed E-state index contributed by atoms with van der Waals surface area (Å²) >= 11 is 6.90. The summed E-state index contributed by atoms with van der Waals surface area (Å²) in [7, 11) is 3.08. The van der Waals surface area contributed by atoms with Crippen LogP contribution in [0.25, 0.3) is 11.2 Å². The van der Waals surface area contributed by atoms with E-state index in [4.69, 9.17) is 0 Å². The molecule has 19 heavy (non-hydrogen) atoms. The van der Waals surface area contributed by atoms with Crippen molar-refractivity contribution in [3.8, 4) is 0 Å². The van der Waals surface area contributed by atoms with Gasteiger partial charge in [-0.1, -0.05) is 22.9 Å². The summed E-state index contributed by atoms with van der Waals surface area (Å²) in [5.41, 5.74) is 0.137. The molecule has 1 unspecified atom stereocenters. The molecule has 104 valence electrons. The van der Waals surface area contributed by atoms with E-state index in [0.717, 1.165) is 11.0 Å². The lowest BCUT2D eigenvalue weighted by Crippen LogP contribution is -2.37. The molecular weight excluding hydrogens is 380 g/mol. The summed E-state index contributed by atoms with van der Waals surface area (Å²) in [6.07, 6.45) is 0.929. The molecule has 0 fully saturated rings. The Balaban J connectivity index is 2.83. The minimum atomic E-state index is -0.375. The maximum absolute atomic E-state index is 12.3. The number of nitrogens with zero attached hydrogens (tertiary/aromatic N) is 4. The summed E-state index contributed by atoms with van der Waals surface area (Å²) in [5, 5.41) is 0. The third kappa shape index (κ3) is 2.31. The van der Waals surface area contributed by atoms with Crippen molar-refractivity contribution in [2.24, 2.45) is 14.1 Å². The normalized spacial score (nSPS) is 13.1. The van der Waals surface area contributed by atoms with Crippen LogP contribution in [-0.2, 0) is 20.6 Å². The first kappa shape index (κ1) is 14.5. The molecule has 8 heteroatoms. The fourth-order valence-electron chi connectivity index (χ4n) is 1.91. The topological polar surface area (TPSA) is 61.8 Å². The van der Waals surface area contributed by atoms with Gasteiger partial charge in [0.15, 0.2) is 15.9 Å². The number of aryl methyl sites for hydroxylation is 1. The van der Waals surface area contributed by atoms with Crippen molar-refractivity contribution < 1.29 is 0 Å². The third-order valence-corrected chi connectivity index (χ3v) is 4.67. The average Bonchev–Trinajstić information content (AvgIpc) is 2.71. The SMILES string of the molecule is CCC(Br)Cn1c(Br)nc2c1c(=O)n(C)c(=O)n2C. The molecule has 0 aliphatic rings. The molecule has 2 heterocycles. The van der Waals surface area contributed by atoms with E-state index in [-0.39, 0.29) is 16.1 Å². The predicted molar refractivity (Wildman–Crippen MR) is 80.9 cm³/mol. The second-order valence-electron chi connectivity index (χ2n) is 4.37. The van der Waals surface area contributed by atoms with Gasteiger partial charge in [-0.05, 0) is 22.4 Å². The van der Waals surface area contributed by atoms with Gasteiger partial charge in [0.1, 0.15) is 0 Å². The first-order chi connectivity index (χ1) is 8.88. The molecule has 1 atom stereocenters. The molecule has 0 amide bonds. The predicted octanol–water partition coefficient (Wildman–Crippen LogP) is 1.37. The Kier molecular flexibility index (Phi) is 4.00. The van der Waals surface area contributed by atoms with Crippen LogP contribution in [0.3, 0.4) is 0 Å². The minimum Gasteiger partial charge on any atom is -0.312 e. The van der Waals surface area contributed by atoms with Crippen molar-refractivity contribution in [3.05, 3.63) is 25.6 Å². The summed E-state index contributed by atoms with van der Waals surface area (Å²) in [6, 6.07) is 0. The second kappa shape index (κ2) is 5.24. The molecule has 0 aliphatic heterocycles. The molecule has 0 aromatic carbocycles. The third-order valence-electron chi connectivity index (χ3n) is 3.13. The van der Waals surface area contributed by atoms with Gasteiger partial charge in [0.25, 0.3) is 5.56 Å². The second-order valence-corrected chi connectivity index (χ2v) is 6.38. The highest BCUT2D eigenvalue weighted by atomic mass is 79.9. The molecule has 0 spiro atoms. The molecule has 0 bridgehead atoms. The summed E-state index contributed by atoms with van der Waals surface area (Å²) in [4.78, 5) is 28.6. The number of alkyl halides is 1. The van der Waals surface area contributed by atoms with Gasteiger partial charge in [0.2, 0.25) is 0 Å². The van der Waals surface area contributed by atoms with Gasteiger partial charge in [-0.15, -0.1) is 0 Å². The number of hydrogen-bond donors (Lipinski definition) is 0. The van der Waals surface area contributed by atoms with Crippen molar-refractivity contribution >= 4 is 43.0 Å². The number of rotatable bonds is 3. The van der Waals surface area contributed by atoms with Gasteiger partial charge in [-0.3, -0.25) is 13.9 Å². The van der Waals surface area contributed by atoms with Crippen molar-refractivity contribution in [2.75, 3.05) is 0 Å². The number of halogens is 2.